The number of H-pyrrole nitrogens is 1. The van der Waals surface area contributed by atoms with Crippen LogP contribution in [0.1, 0.15) is 46.7 Å². The molecule has 40 heavy (non-hydrogen) atoms. The van der Waals surface area contributed by atoms with Gasteiger partial charge >= 0.3 is 5.96 Å². The van der Waals surface area contributed by atoms with Gasteiger partial charge < -0.3 is 31.3 Å². The van der Waals surface area contributed by atoms with Crippen LogP contribution in [0.5, 0.6) is 5.75 Å². The van der Waals surface area contributed by atoms with Crippen LogP contribution in [0.2, 0.25) is 0 Å². The average molecular weight is 554 g/mol. The summed E-state index contributed by atoms with van der Waals surface area (Å²) in [5, 5.41) is 38.2. The number of nitrogens with zero attached hydrogens (tertiary/aromatic N) is 3. The molecule has 15 heteroatoms. The molecule has 4 atom stereocenters. The number of aromatic nitrogens is 2. The van der Waals surface area contributed by atoms with Gasteiger partial charge in [-0.3, -0.25) is 30.3 Å². The second-order valence-corrected chi connectivity index (χ2v) is 11.2. The van der Waals surface area contributed by atoms with E-state index in [-0.39, 0.29) is 36.1 Å². The zero-order valence-electron chi connectivity index (χ0n) is 22.1. The molecule has 0 bridgehead atoms. The van der Waals surface area contributed by atoms with Gasteiger partial charge in [0.2, 0.25) is 5.79 Å². The van der Waals surface area contributed by atoms with E-state index in [9.17, 15) is 19.8 Å². The smallest absolute Gasteiger partial charge is 0.343 e. The molecule has 2 amide bonds. The number of nitrogens with one attached hydrogen (secondary N) is 5. The van der Waals surface area contributed by atoms with E-state index < -0.39 is 41.4 Å². The maximum absolute atomic E-state index is 13.6. The highest BCUT2D eigenvalue weighted by atomic mass is 16.5. The minimum atomic E-state index is -2.58. The van der Waals surface area contributed by atoms with Crippen molar-refractivity contribution in [2.75, 3.05) is 19.7 Å². The minimum Gasteiger partial charge on any atom is -0.492 e. The van der Waals surface area contributed by atoms with Gasteiger partial charge in [0.05, 0.1) is 18.7 Å². The number of carbonyl (C=O) groups excluding carboxylic acids is 2. The van der Waals surface area contributed by atoms with E-state index >= 15 is 0 Å². The number of guanidine groups is 2. The average Bonchev–Trinajstić information content (AvgIpc) is 3.61. The van der Waals surface area contributed by atoms with E-state index in [0.29, 0.717) is 17.9 Å². The Kier molecular flexibility index (Phi) is 5.71. The van der Waals surface area contributed by atoms with Crippen LogP contribution in [0.15, 0.2) is 35.5 Å². The summed E-state index contributed by atoms with van der Waals surface area (Å²) in [5.41, 5.74) is 12.0. The van der Waals surface area contributed by atoms with Crippen LogP contribution in [-0.2, 0) is 5.41 Å². The molecule has 212 valence electrons. The summed E-state index contributed by atoms with van der Waals surface area (Å²) in [7, 11) is 0. The van der Waals surface area contributed by atoms with Gasteiger partial charge in [-0.25, -0.2) is 10.3 Å². The highest BCUT2D eigenvalue weighted by molar-refractivity contribution is 5.98. The molecule has 0 aliphatic carbocycles. The van der Waals surface area contributed by atoms with Crippen molar-refractivity contribution in [3.05, 3.63) is 47.3 Å². The molecule has 0 saturated carbocycles. The van der Waals surface area contributed by atoms with Gasteiger partial charge in [0.25, 0.3) is 17.5 Å². The molecule has 1 fully saturated rings. The summed E-state index contributed by atoms with van der Waals surface area (Å²) in [4.78, 5) is 35.1. The Morgan fingerprint density at radius 1 is 1.25 bits per heavy atom. The van der Waals surface area contributed by atoms with Crippen molar-refractivity contribution in [2.24, 2.45) is 16.5 Å². The molecule has 15 nitrogen and oxygen atoms in total. The number of aromatic amines is 1. The Morgan fingerprint density at radius 2 is 2.05 bits per heavy atom. The van der Waals surface area contributed by atoms with Crippen molar-refractivity contribution < 1.29 is 29.5 Å². The van der Waals surface area contributed by atoms with Gasteiger partial charge in [0.15, 0.2) is 12.0 Å². The Labute approximate surface area is 229 Å². The van der Waals surface area contributed by atoms with Crippen LogP contribution in [0.25, 0.3) is 0 Å². The van der Waals surface area contributed by atoms with E-state index in [0.717, 1.165) is 12.0 Å². The van der Waals surface area contributed by atoms with Crippen LogP contribution in [0.3, 0.4) is 0 Å². The van der Waals surface area contributed by atoms with Gasteiger partial charge in [0, 0.05) is 18.3 Å². The first-order valence-corrected chi connectivity index (χ1v) is 13.0. The number of aliphatic hydroxyl groups is 2. The SMILES string of the molecule is CC1(C)CCOc2c(C(=O)NC3CN4C(N)=N[C@@H](CNC(=O)c5ccn[nH]5)[C@@H]5[NH+]=C(N)NC54C3(O)O)cccc21. The summed E-state index contributed by atoms with van der Waals surface area (Å²) in [6.45, 7) is 4.56. The van der Waals surface area contributed by atoms with Gasteiger partial charge in [-0.05, 0) is 24.0 Å². The topological polar surface area (TPSA) is 230 Å². The highest BCUT2D eigenvalue weighted by Crippen LogP contribution is 2.43. The summed E-state index contributed by atoms with van der Waals surface area (Å²) in [6, 6.07) is 4.08. The zero-order chi connectivity index (χ0) is 28.4. The maximum atomic E-state index is 13.6. The number of hydrogen-bond donors (Lipinski definition) is 9. The standard InChI is InChI=1S/C25H32N10O5/c1-23(2)7-9-40-17-12(4-3-5-13(17)23)19(36)31-16-11-35-22(27)30-15(10-28-20(37)14-6-8-29-34-14)18-24(35,25(16,38)39)33-21(26)32-18/h3-6,8,15-16,18,38-39H,7,9-11H2,1-2H3,(H2,27,30)(H,28,37)(H,29,34)(H,31,36)(H3,26,32,33)/p+1/t15-,16?,18-,24?/m0/s1. The monoisotopic (exact) mass is 553 g/mol. The lowest BCUT2D eigenvalue weighted by molar-refractivity contribution is -0.521. The molecule has 1 saturated heterocycles. The summed E-state index contributed by atoms with van der Waals surface area (Å²) in [5.74, 6) is -2.98. The van der Waals surface area contributed by atoms with Crippen LogP contribution in [0.4, 0.5) is 0 Å². The number of para-hydroxylation sites is 1. The number of fused-ring (bicyclic) bond motifs is 1. The first-order chi connectivity index (χ1) is 19.0. The molecule has 4 aliphatic rings. The number of hydrogen-bond acceptors (Lipinski definition) is 11. The number of benzene rings is 1. The van der Waals surface area contributed by atoms with E-state index in [2.05, 4.69) is 50.0 Å². The van der Waals surface area contributed by atoms with Crippen molar-refractivity contribution in [3.63, 3.8) is 0 Å². The summed E-state index contributed by atoms with van der Waals surface area (Å²) < 4.78 is 5.89. The maximum Gasteiger partial charge on any atom is 0.343 e. The Hall–Kier alpha value is -4.37. The molecular weight excluding hydrogens is 520 g/mol. The second-order valence-electron chi connectivity index (χ2n) is 11.2. The van der Waals surface area contributed by atoms with Crippen molar-refractivity contribution in [1.29, 1.82) is 0 Å². The summed E-state index contributed by atoms with van der Waals surface area (Å²) >= 11 is 0. The molecule has 5 heterocycles. The third kappa shape index (κ3) is 3.68. The minimum absolute atomic E-state index is 0.00283. The highest BCUT2D eigenvalue weighted by Gasteiger charge is 2.76. The quantitative estimate of drug-likeness (QED) is 0.162. The van der Waals surface area contributed by atoms with Crippen LogP contribution in [0, 0.1) is 0 Å². The normalized spacial score (nSPS) is 29.1. The van der Waals surface area contributed by atoms with Gasteiger partial charge in [-0.15, -0.1) is 0 Å². The van der Waals surface area contributed by atoms with E-state index in [1.165, 1.54) is 17.2 Å². The number of aliphatic imine (C=N–C) groups is 1. The van der Waals surface area contributed by atoms with Crippen LogP contribution in [-0.4, -0.2) is 98.3 Å². The van der Waals surface area contributed by atoms with Crippen LogP contribution >= 0.6 is 0 Å². The first kappa shape index (κ1) is 25.9. The third-order valence-corrected chi connectivity index (χ3v) is 8.37. The number of ether oxygens (including phenoxy) is 1. The molecule has 6 rings (SSSR count). The van der Waals surface area contributed by atoms with E-state index in [4.69, 9.17) is 16.2 Å². The van der Waals surface area contributed by atoms with Gasteiger partial charge in [-0.2, -0.15) is 5.10 Å². The van der Waals surface area contributed by atoms with Crippen molar-refractivity contribution >= 4 is 23.7 Å². The predicted octanol–water partition coefficient (Wildman–Crippen LogP) is -4.25. The zero-order valence-corrected chi connectivity index (χ0v) is 22.1. The van der Waals surface area contributed by atoms with Crippen molar-refractivity contribution in [1.82, 2.24) is 31.0 Å². The fraction of sp³-hybridized carbons (Fsp3) is 0.480. The molecule has 2 aromatic rings. The number of nitrogens with two attached hydrogens (primary N) is 2. The lowest BCUT2D eigenvalue weighted by Crippen LogP contribution is -2.90. The molecule has 4 aliphatic heterocycles. The van der Waals surface area contributed by atoms with Crippen molar-refractivity contribution in [2.45, 2.75) is 55.3 Å². The third-order valence-electron chi connectivity index (χ3n) is 8.37. The first-order valence-electron chi connectivity index (χ1n) is 13.0. The lowest BCUT2D eigenvalue weighted by atomic mass is 9.79. The fourth-order valence-corrected chi connectivity index (χ4v) is 6.20. The van der Waals surface area contributed by atoms with Crippen molar-refractivity contribution in [3.8, 4) is 5.75 Å². The number of rotatable bonds is 5. The number of carbonyl (C=O) groups is 2. The molecule has 0 radical (unpaired) electrons. The Bertz CT molecular complexity index is 1420. The van der Waals surface area contributed by atoms with Gasteiger partial charge in [-0.1, -0.05) is 26.0 Å². The number of amides is 2. The Balaban J connectivity index is 1.27. The summed E-state index contributed by atoms with van der Waals surface area (Å²) in [6.07, 6.45) is 2.26. The fourth-order valence-electron chi connectivity index (χ4n) is 6.20. The second kappa shape index (κ2) is 8.82. The predicted molar refractivity (Wildman–Crippen MR) is 141 cm³/mol. The van der Waals surface area contributed by atoms with E-state index in [1.807, 2.05) is 6.07 Å². The Morgan fingerprint density at radius 3 is 2.80 bits per heavy atom. The van der Waals surface area contributed by atoms with Gasteiger partial charge in [0.1, 0.15) is 23.5 Å². The molecular formula is C25H33N10O5+. The molecule has 1 spiro atoms. The lowest BCUT2D eigenvalue weighted by Gasteiger charge is -2.46. The van der Waals surface area contributed by atoms with Crippen LogP contribution < -0.4 is 37.1 Å². The molecule has 1 aromatic carbocycles. The largest absolute Gasteiger partial charge is 0.492 e. The van der Waals surface area contributed by atoms with E-state index in [1.54, 1.807) is 12.1 Å². The molecule has 1 aromatic heterocycles. The molecule has 2 unspecified atom stereocenters. The molecule has 11 N–H and O–H groups in total.